The number of rotatable bonds is 2. The lowest BCUT2D eigenvalue weighted by Crippen LogP contribution is -2.94. The lowest BCUT2D eigenvalue weighted by atomic mass is 9.90. The predicted molar refractivity (Wildman–Crippen MR) is 98.0 cm³/mol. The molecule has 128 valence electrons. The van der Waals surface area contributed by atoms with E-state index in [2.05, 4.69) is 11.1 Å². The summed E-state index contributed by atoms with van der Waals surface area (Å²) in [4.78, 5) is 15.7. The van der Waals surface area contributed by atoms with Crippen molar-refractivity contribution in [3.05, 3.63) is 69.3 Å². The fraction of sp³-hybridized carbons (Fsp3) is 0.211. The smallest absolute Gasteiger partial charge is 0.364 e. The van der Waals surface area contributed by atoms with E-state index in [1.165, 1.54) is 7.11 Å². The Morgan fingerprint density at radius 1 is 1.24 bits per heavy atom. The number of esters is 1. The minimum atomic E-state index is -0.312. The van der Waals surface area contributed by atoms with E-state index < -0.39 is 0 Å². The number of aromatic nitrogens is 1. The maximum absolute atomic E-state index is 12.2. The second-order valence-corrected chi connectivity index (χ2v) is 7.08. The van der Waals surface area contributed by atoms with Crippen LogP contribution in [0.4, 0.5) is 0 Å². The van der Waals surface area contributed by atoms with Gasteiger partial charge in [0.2, 0.25) is 0 Å². The van der Waals surface area contributed by atoms with Crippen LogP contribution >= 0.6 is 23.2 Å². The van der Waals surface area contributed by atoms with Crippen molar-refractivity contribution >= 4 is 40.1 Å². The van der Waals surface area contributed by atoms with E-state index in [4.69, 9.17) is 27.9 Å². The van der Waals surface area contributed by atoms with Crippen LogP contribution in [0.5, 0.6) is 0 Å². The number of aromatic amines is 1. The van der Waals surface area contributed by atoms with Gasteiger partial charge in [0.15, 0.2) is 12.1 Å². The van der Waals surface area contributed by atoms with E-state index in [1.807, 2.05) is 35.6 Å². The van der Waals surface area contributed by atoms with Crippen LogP contribution < -0.4 is 5.32 Å². The number of nitrogens with two attached hydrogens (primary N) is 1. The van der Waals surface area contributed by atoms with E-state index in [1.54, 1.807) is 6.07 Å². The third-order valence-electron chi connectivity index (χ3n) is 4.81. The van der Waals surface area contributed by atoms with Gasteiger partial charge in [-0.1, -0.05) is 41.4 Å². The van der Waals surface area contributed by atoms with Crippen LogP contribution in [0.2, 0.25) is 10.0 Å². The van der Waals surface area contributed by atoms with Crippen molar-refractivity contribution in [2.45, 2.75) is 18.5 Å². The molecule has 4 nitrogen and oxygen atoms in total. The Morgan fingerprint density at radius 3 is 2.80 bits per heavy atom. The van der Waals surface area contributed by atoms with Gasteiger partial charge in [0, 0.05) is 27.9 Å². The van der Waals surface area contributed by atoms with Crippen LogP contribution in [-0.4, -0.2) is 24.1 Å². The minimum absolute atomic E-state index is 0.120. The summed E-state index contributed by atoms with van der Waals surface area (Å²) in [5.41, 5.74) is 4.20. The van der Waals surface area contributed by atoms with E-state index in [0.717, 1.165) is 27.7 Å². The van der Waals surface area contributed by atoms with Gasteiger partial charge in [0.25, 0.3) is 0 Å². The summed E-state index contributed by atoms with van der Waals surface area (Å²) in [6.07, 6.45) is 0.619. The van der Waals surface area contributed by atoms with Gasteiger partial charge in [-0.05, 0) is 29.8 Å². The zero-order valence-corrected chi connectivity index (χ0v) is 15.1. The fourth-order valence-corrected chi connectivity index (χ4v) is 4.17. The number of carbonyl (C=O) groups excluding carboxylic acids is 1. The average Bonchev–Trinajstić information content (AvgIpc) is 2.99. The number of fused-ring (bicyclic) bond motifs is 3. The number of methoxy groups -OCH3 is 1. The normalized spacial score (nSPS) is 19.6. The highest BCUT2D eigenvalue weighted by Gasteiger charge is 2.38. The molecule has 0 unspecified atom stereocenters. The largest absolute Gasteiger partial charge is 0.465 e. The van der Waals surface area contributed by atoms with Crippen molar-refractivity contribution in [2.24, 2.45) is 0 Å². The maximum Gasteiger partial charge on any atom is 0.364 e. The lowest BCUT2D eigenvalue weighted by Gasteiger charge is -2.27. The number of benzene rings is 2. The Hall–Kier alpha value is -2.01. The van der Waals surface area contributed by atoms with Gasteiger partial charge in [0.1, 0.15) is 0 Å². The molecule has 1 aliphatic heterocycles. The summed E-state index contributed by atoms with van der Waals surface area (Å²) >= 11 is 12.5. The number of H-pyrrole nitrogens is 1. The molecular weight excluding hydrogens is 359 g/mol. The molecule has 0 radical (unpaired) electrons. The van der Waals surface area contributed by atoms with Gasteiger partial charge in [-0.15, -0.1) is 0 Å². The van der Waals surface area contributed by atoms with Crippen molar-refractivity contribution in [3.63, 3.8) is 0 Å². The Morgan fingerprint density at radius 2 is 2.04 bits per heavy atom. The van der Waals surface area contributed by atoms with E-state index in [0.29, 0.717) is 16.5 Å². The number of quaternary nitrogens is 1. The minimum Gasteiger partial charge on any atom is -0.465 e. The van der Waals surface area contributed by atoms with Crippen LogP contribution in [0.25, 0.3) is 10.9 Å². The molecule has 0 aliphatic carbocycles. The van der Waals surface area contributed by atoms with E-state index >= 15 is 0 Å². The molecule has 4 rings (SSSR count). The zero-order chi connectivity index (χ0) is 17.6. The summed E-state index contributed by atoms with van der Waals surface area (Å²) in [7, 11) is 1.42. The first-order valence-electron chi connectivity index (χ1n) is 8.05. The summed E-state index contributed by atoms with van der Waals surface area (Å²) in [6, 6.07) is 13.2. The van der Waals surface area contributed by atoms with Gasteiger partial charge in [-0.3, -0.25) is 0 Å². The standard InChI is InChI=1S/C19H16Cl2N2O2/c1-25-19(24)16-9-13-11-4-2-3-5-15(11)22-18(13)17(23-16)12-7-6-10(20)8-14(12)21/h2-8,16-17,22-23H,9H2,1H3/p+1/t16-,17-/m1/s1. The molecule has 3 N–H and O–H groups in total. The van der Waals surface area contributed by atoms with Crippen molar-refractivity contribution in [1.29, 1.82) is 0 Å². The van der Waals surface area contributed by atoms with Crippen LogP contribution in [0.15, 0.2) is 42.5 Å². The molecule has 0 amide bonds. The van der Waals surface area contributed by atoms with Crippen molar-refractivity contribution in [2.75, 3.05) is 7.11 Å². The van der Waals surface area contributed by atoms with Gasteiger partial charge in [0.05, 0.1) is 17.8 Å². The molecule has 0 saturated carbocycles. The first-order valence-corrected chi connectivity index (χ1v) is 8.81. The molecule has 0 saturated heterocycles. The average molecular weight is 376 g/mol. The highest BCUT2D eigenvalue weighted by Crippen LogP contribution is 2.35. The second-order valence-electron chi connectivity index (χ2n) is 6.23. The van der Waals surface area contributed by atoms with Crippen LogP contribution in [0.3, 0.4) is 0 Å². The Kier molecular flexibility index (Phi) is 4.20. The van der Waals surface area contributed by atoms with E-state index in [9.17, 15) is 4.79 Å². The Balaban J connectivity index is 1.90. The molecule has 3 aromatic rings. The number of hydrogen-bond donors (Lipinski definition) is 2. The second kappa shape index (κ2) is 6.37. The van der Waals surface area contributed by atoms with Crippen LogP contribution in [-0.2, 0) is 16.0 Å². The number of carbonyl (C=O) groups is 1. The first kappa shape index (κ1) is 16.5. The van der Waals surface area contributed by atoms with Crippen molar-refractivity contribution in [3.8, 4) is 0 Å². The molecule has 6 heteroatoms. The van der Waals surface area contributed by atoms with Gasteiger partial charge in [-0.2, -0.15) is 0 Å². The molecular formula is C19H17Cl2N2O2+. The van der Waals surface area contributed by atoms with Crippen molar-refractivity contribution in [1.82, 2.24) is 4.98 Å². The Labute approximate surface area is 155 Å². The van der Waals surface area contributed by atoms with Crippen molar-refractivity contribution < 1.29 is 14.8 Å². The summed E-state index contributed by atoms with van der Waals surface area (Å²) < 4.78 is 4.99. The third-order valence-corrected chi connectivity index (χ3v) is 5.37. The van der Waals surface area contributed by atoms with E-state index in [-0.39, 0.29) is 18.1 Å². The summed E-state index contributed by atoms with van der Waals surface area (Å²) in [5.74, 6) is -0.231. The van der Waals surface area contributed by atoms with Crippen LogP contribution in [0.1, 0.15) is 22.9 Å². The quantitative estimate of drug-likeness (QED) is 0.675. The monoisotopic (exact) mass is 375 g/mol. The number of nitrogens with one attached hydrogen (secondary N) is 1. The molecule has 0 fully saturated rings. The molecule has 0 bridgehead atoms. The SMILES string of the molecule is COC(=O)[C@H]1Cc2c([nH]c3ccccc23)[C@@H](c2ccc(Cl)cc2Cl)[NH2+]1. The first-order chi connectivity index (χ1) is 12.1. The molecule has 0 spiro atoms. The topological polar surface area (TPSA) is 58.7 Å². The fourth-order valence-electron chi connectivity index (χ4n) is 3.65. The summed E-state index contributed by atoms with van der Waals surface area (Å²) in [6.45, 7) is 0. The number of hydrogen-bond acceptors (Lipinski definition) is 2. The molecule has 2 heterocycles. The van der Waals surface area contributed by atoms with Gasteiger partial charge < -0.3 is 15.0 Å². The van der Waals surface area contributed by atoms with Gasteiger partial charge >= 0.3 is 5.97 Å². The molecule has 2 atom stereocenters. The van der Waals surface area contributed by atoms with Crippen LogP contribution in [0, 0.1) is 0 Å². The molecule has 1 aliphatic rings. The van der Waals surface area contributed by atoms with Gasteiger partial charge in [-0.25, -0.2) is 4.79 Å². The maximum atomic E-state index is 12.2. The molecule has 1 aromatic heterocycles. The lowest BCUT2D eigenvalue weighted by molar-refractivity contribution is -0.712. The highest BCUT2D eigenvalue weighted by atomic mass is 35.5. The number of ether oxygens (including phenoxy) is 1. The molecule has 2 aromatic carbocycles. The third kappa shape index (κ3) is 2.80. The number of para-hydroxylation sites is 1. The summed E-state index contributed by atoms with van der Waals surface area (Å²) in [5, 5.41) is 4.32. The predicted octanol–water partition coefficient (Wildman–Crippen LogP) is 3.23. The Bertz CT molecular complexity index is 967. The molecule has 25 heavy (non-hydrogen) atoms. The number of halogens is 2. The zero-order valence-electron chi connectivity index (χ0n) is 13.6. The highest BCUT2D eigenvalue weighted by molar-refractivity contribution is 6.35.